The van der Waals surface area contributed by atoms with Crippen LogP contribution in [0.1, 0.15) is 18.9 Å². The van der Waals surface area contributed by atoms with E-state index in [1.54, 1.807) is 6.07 Å². The number of rotatable bonds is 8. The lowest BCUT2D eigenvalue weighted by Crippen LogP contribution is -2.41. The average molecular weight is 348 g/mol. The van der Waals surface area contributed by atoms with Gasteiger partial charge in [0.1, 0.15) is 5.75 Å². The predicted molar refractivity (Wildman–Crippen MR) is 97.5 cm³/mol. The van der Waals surface area contributed by atoms with Gasteiger partial charge in [-0.1, -0.05) is 12.1 Å². The van der Waals surface area contributed by atoms with Crippen LogP contribution in [0, 0.1) is 5.92 Å². The molecule has 1 unspecified atom stereocenters. The van der Waals surface area contributed by atoms with Gasteiger partial charge >= 0.3 is 0 Å². The Bertz CT molecular complexity index is 585. The highest BCUT2D eigenvalue weighted by atomic mass is 16.5. The van der Waals surface area contributed by atoms with Gasteiger partial charge in [-0.25, -0.2) is 4.99 Å². The smallest absolute Gasteiger partial charge is 0.255 e. The number of guanidine groups is 1. The Morgan fingerprint density at radius 1 is 1.52 bits per heavy atom. The molecule has 0 aromatic heterocycles. The van der Waals surface area contributed by atoms with Crippen molar-refractivity contribution < 1.29 is 14.3 Å². The molecular weight excluding hydrogens is 320 g/mol. The molecule has 1 heterocycles. The summed E-state index contributed by atoms with van der Waals surface area (Å²) in [4.78, 5) is 17.7. The van der Waals surface area contributed by atoms with Gasteiger partial charge in [-0.2, -0.15) is 0 Å². The number of primary amides is 1. The molecule has 1 aromatic rings. The van der Waals surface area contributed by atoms with Crippen LogP contribution in [0.5, 0.6) is 5.75 Å². The van der Waals surface area contributed by atoms with E-state index < -0.39 is 5.91 Å². The van der Waals surface area contributed by atoms with E-state index in [0.29, 0.717) is 18.2 Å². The van der Waals surface area contributed by atoms with Gasteiger partial charge < -0.3 is 25.4 Å². The largest absolute Gasteiger partial charge is 0.484 e. The first-order valence-electron chi connectivity index (χ1n) is 8.65. The molecule has 1 aliphatic rings. The van der Waals surface area contributed by atoms with Crippen molar-refractivity contribution in [3.05, 3.63) is 29.8 Å². The Kier molecular flexibility index (Phi) is 7.53. The number of hydrogen-bond donors (Lipinski definition) is 2. The fourth-order valence-electron chi connectivity index (χ4n) is 2.73. The number of nitrogens with zero attached hydrogens (tertiary/aromatic N) is 2. The zero-order valence-electron chi connectivity index (χ0n) is 15.0. The average Bonchev–Trinajstić information content (AvgIpc) is 3.10. The number of aliphatic imine (C=N–C) groups is 1. The number of nitrogens with two attached hydrogens (primary N) is 1. The third-order valence-electron chi connectivity index (χ3n) is 3.94. The number of amides is 1. The maximum Gasteiger partial charge on any atom is 0.255 e. The highest BCUT2D eigenvalue weighted by Gasteiger charge is 2.19. The molecular formula is C18H28N4O3. The molecule has 1 aliphatic heterocycles. The Morgan fingerprint density at radius 3 is 3.04 bits per heavy atom. The lowest BCUT2D eigenvalue weighted by atomic mass is 10.1. The Balaban J connectivity index is 1.97. The standard InChI is InChI=1S/C18H28N4O3/c1-3-20-18(22(2)11-15-7-8-24-12-15)21-10-14-5-4-6-16(9-14)25-13-17(19)23/h4-6,9,15H,3,7-8,10-13H2,1-2H3,(H2,19,23)(H,20,21). The molecule has 1 fully saturated rings. The van der Waals surface area contributed by atoms with E-state index in [9.17, 15) is 4.79 Å². The topological polar surface area (TPSA) is 89.2 Å². The second kappa shape index (κ2) is 9.88. The number of carbonyl (C=O) groups excluding carboxylic acids is 1. The van der Waals surface area contributed by atoms with Crippen molar-refractivity contribution in [3.63, 3.8) is 0 Å². The van der Waals surface area contributed by atoms with E-state index in [4.69, 9.17) is 20.2 Å². The Labute approximate surface area is 149 Å². The first kappa shape index (κ1) is 19.1. The normalized spacial score (nSPS) is 17.4. The summed E-state index contributed by atoms with van der Waals surface area (Å²) in [6.07, 6.45) is 1.10. The van der Waals surface area contributed by atoms with E-state index in [0.717, 1.165) is 44.2 Å². The molecule has 7 heteroatoms. The third-order valence-corrected chi connectivity index (χ3v) is 3.94. The summed E-state index contributed by atoms with van der Waals surface area (Å²) in [5, 5.41) is 3.32. The van der Waals surface area contributed by atoms with Crippen LogP contribution in [0.3, 0.4) is 0 Å². The van der Waals surface area contributed by atoms with Crippen LogP contribution in [-0.2, 0) is 16.1 Å². The summed E-state index contributed by atoms with van der Waals surface area (Å²) in [7, 11) is 2.05. The molecule has 3 N–H and O–H groups in total. The monoisotopic (exact) mass is 348 g/mol. The number of nitrogens with one attached hydrogen (secondary N) is 1. The van der Waals surface area contributed by atoms with Crippen LogP contribution in [-0.4, -0.2) is 56.7 Å². The predicted octanol–water partition coefficient (Wildman–Crippen LogP) is 0.985. The molecule has 0 aliphatic carbocycles. The van der Waals surface area contributed by atoms with E-state index in [2.05, 4.69) is 17.1 Å². The molecule has 7 nitrogen and oxygen atoms in total. The first-order chi connectivity index (χ1) is 12.1. The molecule has 2 rings (SSSR count). The van der Waals surface area contributed by atoms with E-state index in [1.807, 2.05) is 25.2 Å². The summed E-state index contributed by atoms with van der Waals surface area (Å²) in [5.41, 5.74) is 6.11. The number of benzene rings is 1. The third kappa shape index (κ3) is 6.62. The summed E-state index contributed by atoms with van der Waals surface area (Å²) >= 11 is 0. The summed E-state index contributed by atoms with van der Waals surface area (Å²) in [6.45, 7) is 5.87. The zero-order chi connectivity index (χ0) is 18.1. The second-order valence-electron chi connectivity index (χ2n) is 6.18. The van der Waals surface area contributed by atoms with Crippen LogP contribution in [0.15, 0.2) is 29.3 Å². The molecule has 25 heavy (non-hydrogen) atoms. The Hall–Kier alpha value is -2.28. The van der Waals surface area contributed by atoms with Gasteiger partial charge in [0.15, 0.2) is 12.6 Å². The number of carbonyl (C=O) groups is 1. The molecule has 0 bridgehead atoms. The summed E-state index contributed by atoms with van der Waals surface area (Å²) in [6, 6.07) is 7.54. The number of hydrogen-bond acceptors (Lipinski definition) is 4. The van der Waals surface area contributed by atoms with Gasteiger partial charge in [-0.05, 0) is 31.0 Å². The quantitative estimate of drug-likeness (QED) is 0.540. The molecule has 138 valence electrons. The van der Waals surface area contributed by atoms with Gasteiger partial charge in [0, 0.05) is 32.7 Å². The molecule has 0 saturated carbocycles. The van der Waals surface area contributed by atoms with Crippen LogP contribution >= 0.6 is 0 Å². The second-order valence-corrected chi connectivity index (χ2v) is 6.18. The van der Waals surface area contributed by atoms with Crippen molar-refractivity contribution in [1.29, 1.82) is 0 Å². The van der Waals surface area contributed by atoms with Crippen molar-refractivity contribution in [2.45, 2.75) is 19.9 Å². The van der Waals surface area contributed by atoms with Gasteiger partial charge in [-0.15, -0.1) is 0 Å². The SMILES string of the molecule is CCNC(=NCc1cccc(OCC(N)=O)c1)N(C)CC1CCOC1. The molecule has 1 atom stereocenters. The fraction of sp³-hybridized carbons (Fsp3) is 0.556. The van der Waals surface area contributed by atoms with Crippen molar-refractivity contribution in [2.24, 2.45) is 16.6 Å². The van der Waals surface area contributed by atoms with E-state index in [-0.39, 0.29) is 6.61 Å². The van der Waals surface area contributed by atoms with Crippen LogP contribution in [0.25, 0.3) is 0 Å². The van der Waals surface area contributed by atoms with E-state index >= 15 is 0 Å². The highest BCUT2D eigenvalue weighted by molar-refractivity contribution is 5.79. The minimum Gasteiger partial charge on any atom is -0.484 e. The number of ether oxygens (including phenoxy) is 2. The zero-order valence-corrected chi connectivity index (χ0v) is 15.0. The molecule has 1 saturated heterocycles. The van der Waals surface area contributed by atoms with Gasteiger partial charge in [0.05, 0.1) is 13.2 Å². The van der Waals surface area contributed by atoms with Crippen molar-refractivity contribution >= 4 is 11.9 Å². The minimum absolute atomic E-state index is 0.123. The van der Waals surface area contributed by atoms with Crippen molar-refractivity contribution in [3.8, 4) is 5.75 Å². The van der Waals surface area contributed by atoms with Crippen molar-refractivity contribution in [1.82, 2.24) is 10.2 Å². The van der Waals surface area contributed by atoms with Crippen LogP contribution in [0.4, 0.5) is 0 Å². The van der Waals surface area contributed by atoms with Gasteiger partial charge in [0.2, 0.25) is 0 Å². The Morgan fingerprint density at radius 2 is 2.36 bits per heavy atom. The van der Waals surface area contributed by atoms with E-state index in [1.165, 1.54) is 0 Å². The highest BCUT2D eigenvalue weighted by Crippen LogP contribution is 2.15. The molecule has 0 radical (unpaired) electrons. The maximum atomic E-state index is 10.8. The first-order valence-corrected chi connectivity index (χ1v) is 8.65. The fourth-order valence-corrected chi connectivity index (χ4v) is 2.73. The van der Waals surface area contributed by atoms with Gasteiger partial charge in [0.25, 0.3) is 5.91 Å². The van der Waals surface area contributed by atoms with Gasteiger partial charge in [-0.3, -0.25) is 4.79 Å². The summed E-state index contributed by atoms with van der Waals surface area (Å²) < 4.78 is 10.8. The lowest BCUT2D eigenvalue weighted by Gasteiger charge is -2.24. The summed E-state index contributed by atoms with van der Waals surface area (Å²) in [5.74, 6) is 1.56. The minimum atomic E-state index is -0.490. The van der Waals surface area contributed by atoms with Crippen LogP contribution < -0.4 is 15.8 Å². The van der Waals surface area contributed by atoms with Crippen LogP contribution in [0.2, 0.25) is 0 Å². The molecule has 1 amide bonds. The maximum absolute atomic E-state index is 10.8. The van der Waals surface area contributed by atoms with Crippen molar-refractivity contribution in [2.75, 3.05) is 40.0 Å². The molecule has 0 spiro atoms. The lowest BCUT2D eigenvalue weighted by molar-refractivity contribution is -0.119. The molecule has 1 aromatic carbocycles.